The van der Waals surface area contributed by atoms with Crippen molar-refractivity contribution in [3.63, 3.8) is 0 Å². The number of anilines is 1. The first kappa shape index (κ1) is 17.6. The molecular weight excluding hydrogens is 370 g/mol. The van der Waals surface area contributed by atoms with E-state index in [9.17, 15) is 10.5 Å². The number of nitrogens with one attached hydrogen (secondary N) is 1. The summed E-state index contributed by atoms with van der Waals surface area (Å²) in [5.41, 5.74) is 11.0. The first-order valence-corrected chi connectivity index (χ1v) is 8.89. The van der Waals surface area contributed by atoms with Gasteiger partial charge in [-0.15, -0.1) is 0 Å². The second-order valence-electron chi connectivity index (χ2n) is 6.45. The number of nitrogens with two attached hydrogens (primary N) is 1. The summed E-state index contributed by atoms with van der Waals surface area (Å²) in [5, 5.41) is 21.1. The number of pyridine rings is 1. The average molecular weight is 384 g/mol. The molecule has 0 bridgehead atoms. The number of aromatic nitrogens is 2. The van der Waals surface area contributed by atoms with E-state index in [1.807, 2.05) is 31.3 Å². The molecule has 0 fully saturated rings. The number of hydrogen-bond donors (Lipinski definition) is 2. The van der Waals surface area contributed by atoms with Crippen molar-refractivity contribution in [1.82, 2.24) is 9.97 Å². The number of aromatic amines is 1. The van der Waals surface area contributed by atoms with Gasteiger partial charge in [-0.05, 0) is 36.2 Å². The van der Waals surface area contributed by atoms with Gasteiger partial charge in [-0.25, -0.2) is 4.98 Å². The summed E-state index contributed by atoms with van der Waals surface area (Å²) in [7, 11) is 0. The maximum absolute atomic E-state index is 9.96. The van der Waals surface area contributed by atoms with Gasteiger partial charge in [0.1, 0.15) is 23.5 Å². The number of halogens is 1. The molecule has 2 aromatic carbocycles. The highest BCUT2D eigenvalue weighted by Crippen LogP contribution is 2.38. The van der Waals surface area contributed by atoms with Crippen LogP contribution in [0.25, 0.3) is 33.3 Å². The monoisotopic (exact) mass is 383 g/mol. The summed E-state index contributed by atoms with van der Waals surface area (Å²) < 4.78 is 0. The zero-order valence-electron chi connectivity index (χ0n) is 14.9. The van der Waals surface area contributed by atoms with Crippen molar-refractivity contribution in [3.05, 3.63) is 70.4 Å². The van der Waals surface area contributed by atoms with Crippen molar-refractivity contribution < 1.29 is 0 Å². The zero-order chi connectivity index (χ0) is 19.8. The number of rotatable bonds is 2. The molecule has 0 unspecified atom stereocenters. The minimum atomic E-state index is 0.0860. The largest absolute Gasteiger partial charge is 0.383 e. The fourth-order valence-corrected chi connectivity index (χ4v) is 3.49. The zero-order valence-corrected chi connectivity index (χ0v) is 15.7. The molecule has 3 N–H and O–H groups in total. The molecule has 4 rings (SSSR count). The molecule has 28 heavy (non-hydrogen) atoms. The predicted octanol–water partition coefficient (Wildman–Crippen LogP) is 5.18. The molecule has 0 aliphatic heterocycles. The molecule has 2 aromatic heterocycles. The summed E-state index contributed by atoms with van der Waals surface area (Å²) in [4.78, 5) is 7.64. The predicted molar refractivity (Wildman–Crippen MR) is 111 cm³/mol. The van der Waals surface area contributed by atoms with Gasteiger partial charge < -0.3 is 10.7 Å². The van der Waals surface area contributed by atoms with Crippen molar-refractivity contribution in [1.29, 1.82) is 10.5 Å². The lowest BCUT2D eigenvalue weighted by Crippen LogP contribution is -2.03. The van der Waals surface area contributed by atoms with Gasteiger partial charge in [-0.2, -0.15) is 10.5 Å². The molecule has 0 atom stereocenters. The Labute approximate surface area is 166 Å². The van der Waals surface area contributed by atoms with Crippen molar-refractivity contribution in [2.24, 2.45) is 0 Å². The number of hydrogen-bond acceptors (Lipinski definition) is 4. The quantitative estimate of drug-likeness (QED) is 0.497. The molecule has 4 aromatic rings. The minimum Gasteiger partial charge on any atom is -0.383 e. The number of benzene rings is 2. The molecule has 0 aliphatic rings. The molecule has 0 saturated carbocycles. The number of nitrogens with zero attached hydrogens (tertiary/aromatic N) is 3. The highest BCUT2D eigenvalue weighted by Gasteiger charge is 2.22. The van der Waals surface area contributed by atoms with E-state index in [0.29, 0.717) is 27.4 Å². The highest BCUT2D eigenvalue weighted by atomic mass is 35.5. The number of H-pyrrole nitrogens is 1. The van der Waals surface area contributed by atoms with Crippen LogP contribution in [0.4, 0.5) is 5.82 Å². The lowest BCUT2D eigenvalue weighted by atomic mass is 9.92. The fourth-order valence-electron chi connectivity index (χ4n) is 3.36. The van der Waals surface area contributed by atoms with E-state index < -0.39 is 0 Å². The smallest absolute Gasteiger partial charge is 0.142 e. The van der Waals surface area contributed by atoms with E-state index in [1.165, 1.54) is 0 Å². The van der Waals surface area contributed by atoms with Gasteiger partial charge in [0.2, 0.25) is 0 Å². The Morgan fingerprint density at radius 2 is 1.75 bits per heavy atom. The number of nitriles is 2. The maximum atomic E-state index is 9.96. The Hall–Kier alpha value is -3.80. The van der Waals surface area contributed by atoms with E-state index in [-0.39, 0.29) is 11.4 Å². The molecule has 0 spiro atoms. The highest BCUT2D eigenvalue weighted by molar-refractivity contribution is 6.30. The molecule has 5 nitrogen and oxygen atoms in total. The lowest BCUT2D eigenvalue weighted by Gasteiger charge is -2.13. The summed E-state index contributed by atoms with van der Waals surface area (Å²) in [6.45, 7) is 2.01. The molecule has 6 heteroatoms. The van der Waals surface area contributed by atoms with Crippen molar-refractivity contribution >= 4 is 28.3 Å². The molecular formula is C22H14ClN5. The minimum absolute atomic E-state index is 0.0860. The third kappa shape index (κ3) is 2.75. The van der Waals surface area contributed by atoms with E-state index in [1.54, 1.807) is 24.3 Å². The molecule has 0 amide bonds. The van der Waals surface area contributed by atoms with Gasteiger partial charge in [0.05, 0.1) is 11.3 Å². The average Bonchev–Trinajstić information content (AvgIpc) is 3.10. The Morgan fingerprint density at radius 1 is 1.04 bits per heavy atom. The van der Waals surface area contributed by atoms with Gasteiger partial charge in [0, 0.05) is 33.2 Å². The van der Waals surface area contributed by atoms with Crippen LogP contribution < -0.4 is 5.73 Å². The maximum Gasteiger partial charge on any atom is 0.142 e. The van der Waals surface area contributed by atoms with Gasteiger partial charge in [-0.1, -0.05) is 35.9 Å². The lowest BCUT2D eigenvalue weighted by molar-refractivity contribution is 1.29. The van der Waals surface area contributed by atoms with Crippen LogP contribution in [0.1, 0.15) is 16.7 Å². The molecule has 0 saturated heterocycles. The topological polar surface area (TPSA) is 102 Å². The first-order chi connectivity index (χ1) is 13.5. The summed E-state index contributed by atoms with van der Waals surface area (Å²) >= 11 is 6.00. The Morgan fingerprint density at radius 3 is 2.43 bits per heavy atom. The first-order valence-electron chi connectivity index (χ1n) is 8.51. The standard InChI is InChI=1S/C22H14ClN5/c1-12-2-7-15-18(11-27-19(15)8-12)21-16(9-24)20(17(10-25)22(26)28-21)13-3-5-14(23)6-4-13/h2-8,11,27H,1H3,(H2,26,28). The van der Waals surface area contributed by atoms with Gasteiger partial charge >= 0.3 is 0 Å². The summed E-state index contributed by atoms with van der Waals surface area (Å²) in [5.74, 6) is 0.0860. The SMILES string of the molecule is Cc1ccc2c(-c3nc(N)c(C#N)c(-c4ccc(Cl)cc4)c3C#N)c[nH]c2c1. The van der Waals surface area contributed by atoms with Crippen LogP contribution in [-0.2, 0) is 0 Å². The van der Waals surface area contributed by atoms with Crippen LogP contribution in [-0.4, -0.2) is 9.97 Å². The van der Waals surface area contributed by atoms with Crippen molar-refractivity contribution in [2.45, 2.75) is 6.92 Å². The number of aryl methyl sites for hydroxylation is 1. The third-order valence-electron chi connectivity index (χ3n) is 4.67. The number of fused-ring (bicyclic) bond motifs is 1. The van der Waals surface area contributed by atoms with E-state index >= 15 is 0 Å². The van der Waals surface area contributed by atoms with Crippen molar-refractivity contribution in [2.75, 3.05) is 5.73 Å². The normalized spacial score (nSPS) is 10.6. The Bertz CT molecular complexity index is 1300. The summed E-state index contributed by atoms with van der Waals surface area (Å²) in [6.07, 6.45) is 1.81. The second-order valence-corrected chi connectivity index (χ2v) is 6.89. The van der Waals surface area contributed by atoms with Crippen LogP contribution in [0, 0.1) is 29.6 Å². The van der Waals surface area contributed by atoms with Crippen LogP contribution in [0.5, 0.6) is 0 Å². The molecule has 0 radical (unpaired) electrons. The third-order valence-corrected chi connectivity index (χ3v) is 4.93. The van der Waals surface area contributed by atoms with Crippen LogP contribution in [0.2, 0.25) is 5.02 Å². The fraction of sp³-hybridized carbons (Fsp3) is 0.0455. The van der Waals surface area contributed by atoms with Crippen LogP contribution in [0.3, 0.4) is 0 Å². The molecule has 0 aliphatic carbocycles. The Balaban J connectivity index is 2.08. The van der Waals surface area contributed by atoms with E-state index in [0.717, 1.165) is 22.0 Å². The molecule has 2 heterocycles. The summed E-state index contributed by atoms with van der Waals surface area (Å²) in [6, 6.07) is 17.3. The van der Waals surface area contributed by atoms with Gasteiger partial charge in [0.15, 0.2) is 0 Å². The van der Waals surface area contributed by atoms with E-state index in [4.69, 9.17) is 17.3 Å². The molecule has 134 valence electrons. The number of nitrogen functional groups attached to an aromatic ring is 1. The van der Waals surface area contributed by atoms with Gasteiger partial charge in [-0.3, -0.25) is 0 Å². The Kier molecular flexibility index (Phi) is 4.24. The van der Waals surface area contributed by atoms with E-state index in [2.05, 4.69) is 22.1 Å². The van der Waals surface area contributed by atoms with Crippen LogP contribution >= 0.6 is 11.6 Å². The second kappa shape index (κ2) is 6.74. The van der Waals surface area contributed by atoms with Crippen LogP contribution in [0.15, 0.2) is 48.7 Å². The van der Waals surface area contributed by atoms with Gasteiger partial charge in [0.25, 0.3) is 0 Å². The van der Waals surface area contributed by atoms with Crippen molar-refractivity contribution in [3.8, 4) is 34.5 Å².